The summed E-state index contributed by atoms with van der Waals surface area (Å²) in [6.45, 7) is 8.14. The monoisotopic (exact) mass is 415 g/mol. The first-order valence-corrected chi connectivity index (χ1v) is 9.80. The van der Waals surface area contributed by atoms with Gasteiger partial charge in [0, 0.05) is 18.0 Å². The van der Waals surface area contributed by atoms with Gasteiger partial charge in [0.15, 0.2) is 0 Å². The van der Waals surface area contributed by atoms with Crippen LogP contribution in [0.2, 0.25) is 0 Å². The molecule has 0 amide bonds. The molecule has 0 aliphatic rings. The Bertz CT molecular complexity index is 1120. The van der Waals surface area contributed by atoms with E-state index < -0.39 is 23.0 Å². The smallest absolute Gasteiger partial charge is 0.310 e. The number of nitrogens with one attached hydrogen (secondary N) is 1. The molecule has 0 fully saturated rings. The molecule has 0 atom stereocenters. The molecule has 158 valence electrons. The lowest BCUT2D eigenvalue weighted by Gasteiger charge is -2.19. The average Bonchev–Trinajstić information content (AvgIpc) is 2.65. The Morgan fingerprint density at radius 2 is 1.73 bits per heavy atom. The van der Waals surface area contributed by atoms with Crippen LogP contribution in [-0.4, -0.2) is 9.55 Å². The number of hydrogen-bond donors (Lipinski definition) is 1. The van der Waals surface area contributed by atoms with Gasteiger partial charge in [-0.05, 0) is 59.7 Å². The molecule has 2 aromatic carbocycles. The van der Waals surface area contributed by atoms with Gasteiger partial charge in [-0.3, -0.25) is 4.79 Å². The molecular formula is C23H24F3N3O. The summed E-state index contributed by atoms with van der Waals surface area (Å²) in [5.41, 5.74) is 3.33. The minimum Gasteiger partial charge on any atom is -0.325 e. The van der Waals surface area contributed by atoms with E-state index in [1.54, 1.807) is 0 Å². The lowest BCUT2D eigenvalue weighted by molar-refractivity contribution is 0.568. The predicted molar refractivity (Wildman–Crippen MR) is 112 cm³/mol. The molecule has 0 spiro atoms. The van der Waals surface area contributed by atoms with Crippen molar-refractivity contribution < 1.29 is 13.2 Å². The molecule has 30 heavy (non-hydrogen) atoms. The van der Waals surface area contributed by atoms with Gasteiger partial charge in [-0.15, -0.1) is 0 Å². The highest BCUT2D eigenvalue weighted by molar-refractivity contribution is 5.61. The molecule has 0 saturated heterocycles. The fraction of sp³-hybridized carbons (Fsp3) is 0.304. The van der Waals surface area contributed by atoms with Gasteiger partial charge in [-0.2, -0.15) is 9.37 Å². The molecule has 0 bridgehead atoms. The molecule has 3 rings (SSSR count). The van der Waals surface area contributed by atoms with E-state index in [0.29, 0.717) is 5.92 Å². The van der Waals surface area contributed by atoms with Crippen LogP contribution in [0.3, 0.4) is 0 Å². The van der Waals surface area contributed by atoms with Crippen molar-refractivity contribution in [3.8, 4) is 0 Å². The van der Waals surface area contributed by atoms with Crippen LogP contribution in [0.25, 0.3) is 0 Å². The molecule has 4 nitrogen and oxygen atoms in total. The Kier molecular flexibility index (Phi) is 6.29. The highest BCUT2D eigenvalue weighted by Crippen LogP contribution is 2.29. The first kappa shape index (κ1) is 21.6. The summed E-state index contributed by atoms with van der Waals surface area (Å²) in [4.78, 5) is 15.6. The van der Waals surface area contributed by atoms with E-state index in [1.807, 2.05) is 13.0 Å². The van der Waals surface area contributed by atoms with Gasteiger partial charge in [0.25, 0.3) is 0 Å². The molecule has 0 radical (unpaired) electrons. The Hall–Kier alpha value is -3.09. The van der Waals surface area contributed by atoms with Crippen molar-refractivity contribution in [3.63, 3.8) is 0 Å². The van der Waals surface area contributed by atoms with E-state index in [9.17, 15) is 18.0 Å². The molecule has 0 aliphatic heterocycles. The van der Waals surface area contributed by atoms with Gasteiger partial charge in [0.1, 0.15) is 11.6 Å². The summed E-state index contributed by atoms with van der Waals surface area (Å²) < 4.78 is 42.4. The van der Waals surface area contributed by atoms with Crippen molar-refractivity contribution in [3.05, 3.63) is 86.6 Å². The highest BCUT2D eigenvalue weighted by Gasteiger charge is 2.14. The number of anilines is 2. The first-order chi connectivity index (χ1) is 14.2. The van der Waals surface area contributed by atoms with Crippen molar-refractivity contribution in [1.29, 1.82) is 0 Å². The number of halogens is 3. The molecule has 3 aromatic rings. The number of aryl methyl sites for hydroxylation is 2. The second-order valence-electron chi connectivity index (χ2n) is 7.62. The van der Waals surface area contributed by atoms with Gasteiger partial charge in [-0.1, -0.05) is 26.8 Å². The van der Waals surface area contributed by atoms with Crippen LogP contribution >= 0.6 is 0 Å². The Morgan fingerprint density at radius 1 is 1.07 bits per heavy atom. The average molecular weight is 415 g/mol. The normalized spacial score (nSPS) is 11.2. The Balaban J connectivity index is 2.05. The molecule has 1 heterocycles. The van der Waals surface area contributed by atoms with Crippen molar-refractivity contribution in [2.75, 3.05) is 5.32 Å². The van der Waals surface area contributed by atoms with E-state index in [-0.39, 0.29) is 18.1 Å². The van der Waals surface area contributed by atoms with Crippen LogP contribution in [0, 0.1) is 24.4 Å². The minimum absolute atomic E-state index is 0.0651. The summed E-state index contributed by atoms with van der Waals surface area (Å²) in [5.74, 6) is -2.13. The number of benzene rings is 2. The van der Waals surface area contributed by atoms with Crippen LogP contribution < -0.4 is 10.9 Å². The van der Waals surface area contributed by atoms with Gasteiger partial charge in [-0.25, -0.2) is 8.78 Å². The van der Waals surface area contributed by atoms with Crippen LogP contribution in [0.15, 0.2) is 41.3 Å². The second-order valence-corrected chi connectivity index (χ2v) is 7.62. The van der Waals surface area contributed by atoms with Gasteiger partial charge in [0.2, 0.25) is 11.8 Å². The van der Waals surface area contributed by atoms with E-state index in [2.05, 4.69) is 37.1 Å². The summed E-state index contributed by atoms with van der Waals surface area (Å²) in [6.07, 6.45) is 1.87. The highest BCUT2D eigenvalue weighted by atomic mass is 19.1. The Labute approximate surface area is 173 Å². The molecule has 0 saturated carbocycles. The second kappa shape index (κ2) is 8.73. The molecule has 1 N–H and O–H groups in total. The number of nitrogens with zero attached hydrogens (tertiary/aromatic N) is 2. The van der Waals surface area contributed by atoms with Gasteiger partial charge >= 0.3 is 5.56 Å². The standard InChI is InChI=1S/C23H24F3N3O/c1-5-16-6-14(4)21(10-19(16)13(2)3)27-23-28-22(30)20(26)12-29(23)11-15-7-17(24)9-18(25)8-15/h6-10,12-13H,5,11H2,1-4H3,(H,27,28,30). The quantitative estimate of drug-likeness (QED) is 0.583. The lowest BCUT2D eigenvalue weighted by Crippen LogP contribution is -2.20. The van der Waals surface area contributed by atoms with Gasteiger partial charge in [0.05, 0.1) is 6.54 Å². The summed E-state index contributed by atoms with van der Waals surface area (Å²) in [5, 5.41) is 3.10. The van der Waals surface area contributed by atoms with E-state index >= 15 is 0 Å². The fourth-order valence-electron chi connectivity index (χ4n) is 3.47. The third-order valence-electron chi connectivity index (χ3n) is 4.96. The van der Waals surface area contributed by atoms with Crippen LogP contribution in [0.1, 0.15) is 48.9 Å². The zero-order chi connectivity index (χ0) is 22.0. The molecule has 0 aliphatic carbocycles. The zero-order valence-electron chi connectivity index (χ0n) is 17.4. The predicted octanol–water partition coefficient (Wildman–Crippen LogP) is 5.45. The largest absolute Gasteiger partial charge is 0.325 e. The van der Waals surface area contributed by atoms with Crippen LogP contribution in [0.5, 0.6) is 0 Å². The summed E-state index contributed by atoms with van der Waals surface area (Å²) >= 11 is 0. The topological polar surface area (TPSA) is 46.9 Å². The van der Waals surface area contributed by atoms with Crippen LogP contribution in [0.4, 0.5) is 24.8 Å². The zero-order valence-corrected chi connectivity index (χ0v) is 17.4. The van der Waals surface area contributed by atoms with Gasteiger partial charge < -0.3 is 9.88 Å². The third-order valence-corrected chi connectivity index (χ3v) is 4.96. The SMILES string of the molecule is CCc1cc(C)c(Nc2nc(=O)c(F)cn2Cc2cc(F)cc(F)c2)cc1C(C)C. The number of hydrogen-bond acceptors (Lipinski definition) is 3. The van der Waals surface area contributed by atoms with Crippen molar-refractivity contribution in [1.82, 2.24) is 9.55 Å². The van der Waals surface area contributed by atoms with Crippen LogP contribution in [-0.2, 0) is 13.0 Å². The summed E-state index contributed by atoms with van der Waals surface area (Å²) in [7, 11) is 0. The molecule has 7 heteroatoms. The van der Waals surface area contributed by atoms with Crippen molar-refractivity contribution in [2.45, 2.75) is 46.6 Å². The molecule has 0 unspecified atom stereocenters. The number of rotatable bonds is 6. The lowest BCUT2D eigenvalue weighted by atomic mass is 9.93. The van der Waals surface area contributed by atoms with Crippen molar-refractivity contribution >= 4 is 11.6 Å². The maximum atomic E-state index is 13.9. The van der Waals surface area contributed by atoms with E-state index in [1.165, 1.54) is 10.1 Å². The van der Waals surface area contributed by atoms with Crippen molar-refractivity contribution in [2.24, 2.45) is 0 Å². The third kappa shape index (κ3) is 4.72. The molecular weight excluding hydrogens is 391 g/mol. The fourth-order valence-corrected chi connectivity index (χ4v) is 3.47. The minimum atomic E-state index is -1.04. The summed E-state index contributed by atoms with van der Waals surface area (Å²) in [6, 6.07) is 7.15. The maximum Gasteiger partial charge on any atom is 0.310 e. The first-order valence-electron chi connectivity index (χ1n) is 9.80. The van der Waals surface area contributed by atoms with E-state index in [4.69, 9.17) is 0 Å². The number of aromatic nitrogens is 2. The maximum absolute atomic E-state index is 13.9. The van der Waals surface area contributed by atoms with E-state index in [0.717, 1.165) is 47.6 Å². The molecule has 1 aromatic heterocycles. The Morgan fingerprint density at radius 3 is 2.33 bits per heavy atom.